The van der Waals surface area contributed by atoms with E-state index in [2.05, 4.69) is 16.8 Å². The van der Waals surface area contributed by atoms with E-state index >= 15 is 0 Å². The molecule has 2 heteroatoms. The van der Waals surface area contributed by atoms with Gasteiger partial charge in [0, 0.05) is 6.20 Å². The Hall–Kier alpha value is -1.59. The van der Waals surface area contributed by atoms with Crippen LogP contribution < -0.4 is 0 Å². The predicted octanol–water partition coefficient (Wildman–Crippen LogP) is 1.29. The van der Waals surface area contributed by atoms with Gasteiger partial charge >= 0.3 is 0 Å². The first kappa shape index (κ1) is 9.50. The van der Waals surface area contributed by atoms with Crippen molar-refractivity contribution in [2.24, 2.45) is 0 Å². The summed E-state index contributed by atoms with van der Waals surface area (Å²) in [5, 5.41) is 8.44. The topological polar surface area (TPSA) is 33.1 Å². The van der Waals surface area contributed by atoms with E-state index in [1.54, 1.807) is 18.3 Å². The summed E-state index contributed by atoms with van der Waals surface area (Å²) in [7, 11) is 0. The second kappa shape index (κ2) is 5.13. The highest BCUT2D eigenvalue weighted by atomic mass is 16.2. The molecule has 0 spiro atoms. The SMILES string of the molecule is Cc1ccnc(C#C/C=C/CO)c1. The molecule has 0 saturated carbocycles. The summed E-state index contributed by atoms with van der Waals surface area (Å²) < 4.78 is 0. The molecule has 1 N–H and O–H groups in total. The smallest absolute Gasteiger partial charge is 0.113 e. The van der Waals surface area contributed by atoms with Gasteiger partial charge in [-0.3, -0.25) is 0 Å². The van der Waals surface area contributed by atoms with Gasteiger partial charge in [-0.1, -0.05) is 12.0 Å². The lowest BCUT2D eigenvalue weighted by atomic mass is 10.2. The second-order valence-electron chi connectivity index (χ2n) is 2.57. The molecule has 1 rings (SSSR count). The molecule has 13 heavy (non-hydrogen) atoms. The Labute approximate surface area is 77.9 Å². The zero-order chi connectivity index (χ0) is 9.52. The molecule has 66 valence electrons. The molecule has 2 nitrogen and oxygen atoms in total. The average molecular weight is 173 g/mol. The van der Waals surface area contributed by atoms with Gasteiger partial charge in [-0.05, 0) is 36.6 Å². The fourth-order valence-corrected chi connectivity index (χ4v) is 0.832. The lowest BCUT2D eigenvalue weighted by Gasteiger charge is -1.90. The number of aliphatic hydroxyl groups is 1. The number of aliphatic hydroxyl groups excluding tert-OH is 1. The average Bonchev–Trinajstić information content (AvgIpc) is 2.13. The molecule has 0 radical (unpaired) electrons. The van der Waals surface area contributed by atoms with E-state index in [0.717, 1.165) is 11.3 Å². The Bertz CT molecular complexity index is 358. The second-order valence-corrected chi connectivity index (χ2v) is 2.57. The Kier molecular flexibility index (Phi) is 3.74. The summed E-state index contributed by atoms with van der Waals surface area (Å²) in [5.41, 5.74) is 1.90. The number of nitrogens with zero attached hydrogens (tertiary/aromatic N) is 1. The Morgan fingerprint density at radius 2 is 2.46 bits per heavy atom. The number of pyridine rings is 1. The third-order valence-electron chi connectivity index (χ3n) is 1.42. The zero-order valence-corrected chi connectivity index (χ0v) is 7.49. The van der Waals surface area contributed by atoms with E-state index in [1.165, 1.54) is 0 Å². The van der Waals surface area contributed by atoms with Crippen LogP contribution in [-0.2, 0) is 0 Å². The monoisotopic (exact) mass is 173 g/mol. The summed E-state index contributed by atoms with van der Waals surface area (Å²) in [6.07, 6.45) is 4.93. The third-order valence-corrected chi connectivity index (χ3v) is 1.42. The van der Waals surface area contributed by atoms with Gasteiger partial charge in [0.1, 0.15) is 5.69 Å². The van der Waals surface area contributed by atoms with Crippen LogP contribution in [0.2, 0.25) is 0 Å². The van der Waals surface area contributed by atoms with Crippen molar-refractivity contribution in [1.29, 1.82) is 0 Å². The van der Waals surface area contributed by atoms with Gasteiger partial charge in [-0.25, -0.2) is 4.98 Å². The molecule has 1 heterocycles. The first-order chi connectivity index (χ1) is 6.33. The molecule has 0 aromatic carbocycles. The maximum atomic E-state index is 8.44. The molecule has 0 aliphatic heterocycles. The minimum Gasteiger partial charge on any atom is -0.392 e. The lowest BCUT2D eigenvalue weighted by Crippen LogP contribution is -1.81. The van der Waals surface area contributed by atoms with Gasteiger partial charge in [0.05, 0.1) is 6.61 Å². The van der Waals surface area contributed by atoms with E-state index in [9.17, 15) is 0 Å². The van der Waals surface area contributed by atoms with E-state index in [0.29, 0.717) is 0 Å². The number of aryl methyl sites for hydroxylation is 1. The summed E-state index contributed by atoms with van der Waals surface area (Å²) in [6.45, 7) is 2.02. The first-order valence-electron chi connectivity index (χ1n) is 4.03. The maximum Gasteiger partial charge on any atom is 0.113 e. The van der Waals surface area contributed by atoms with Gasteiger partial charge in [-0.2, -0.15) is 0 Å². The third kappa shape index (κ3) is 3.55. The molecule has 0 saturated heterocycles. The van der Waals surface area contributed by atoms with Gasteiger partial charge in [0.2, 0.25) is 0 Å². The molecule has 0 aliphatic rings. The van der Waals surface area contributed by atoms with Gasteiger partial charge < -0.3 is 5.11 Å². The van der Waals surface area contributed by atoms with Crippen molar-refractivity contribution in [2.45, 2.75) is 6.92 Å². The van der Waals surface area contributed by atoms with Crippen LogP contribution in [0.4, 0.5) is 0 Å². The van der Waals surface area contributed by atoms with Crippen LogP contribution in [0.3, 0.4) is 0 Å². The number of allylic oxidation sites excluding steroid dienone is 1. The van der Waals surface area contributed by atoms with Crippen LogP contribution in [0.25, 0.3) is 0 Å². The summed E-state index contributed by atoms with van der Waals surface area (Å²) in [5.74, 6) is 5.64. The molecule has 0 atom stereocenters. The van der Waals surface area contributed by atoms with Crippen LogP contribution in [0.5, 0.6) is 0 Å². The molecular weight excluding hydrogens is 162 g/mol. The highest BCUT2D eigenvalue weighted by Gasteiger charge is 1.86. The van der Waals surface area contributed by atoms with Crippen LogP contribution in [0.15, 0.2) is 30.5 Å². The molecule has 1 aromatic heterocycles. The van der Waals surface area contributed by atoms with E-state index in [-0.39, 0.29) is 6.61 Å². The molecule has 0 amide bonds. The van der Waals surface area contributed by atoms with E-state index in [4.69, 9.17) is 5.11 Å². The van der Waals surface area contributed by atoms with Crippen molar-refractivity contribution < 1.29 is 5.11 Å². The molecular formula is C11H11NO. The number of hydrogen-bond donors (Lipinski definition) is 1. The fourth-order valence-electron chi connectivity index (χ4n) is 0.832. The number of hydrogen-bond acceptors (Lipinski definition) is 2. The Morgan fingerprint density at radius 3 is 3.15 bits per heavy atom. The number of aromatic nitrogens is 1. The van der Waals surface area contributed by atoms with Crippen LogP contribution >= 0.6 is 0 Å². The van der Waals surface area contributed by atoms with Crippen LogP contribution in [-0.4, -0.2) is 16.7 Å². The van der Waals surface area contributed by atoms with Gasteiger partial charge in [-0.15, -0.1) is 0 Å². The minimum absolute atomic E-state index is 0.0237. The highest BCUT2D eigenvalue weighted by molar-refractivity contribution is 5.33. The van der Waals surface area contributed by atoms with Crippen molar-refractivity contribution in [3.05, 3.63) is 41.7 Å². The quantitative estimate of drug-likeness (QED) is 0.649. The van der Waals surface area contributed by atoms with Crippen LogP contribution in [0.1, 0.15) is 11.3 Å². The van der Waals surface area contributed by atoms with Crippen molar-refractivity contribution in [3.8, 4) is 11.8 Å². The lowest BCUT2D eigenvalue weighted by molar-refractivity contribution is 0.343. The van der Waals surface area contributed by atoms with Gasteiger partial charge in [0.25, 0.3) is 0 Å². The van der Waals surface area contributed by atoms with Crippen molar-refractivity contribution in [3.63, 3.8) is 0 Å². The molecule has 1 aromatic rings. The summed E-state index contributed by atoms with van der Waals surface area (Å²) >= 11 is 0. The largest absolute Gasteiger partial charge is 0.392 e. The van der Waals surface area contributed by atoms with Crippen molar-refractivity contribution >= 4 is 0 Å². The van der Waals surface area contributed by atoms with E-state index < -0.39 is 0 Å². The highest BCUT2D eigenvalue weighted by Crippen LogP contribution is 1.97. The van der Waals surface area contributed by atoms with Crippen molar-refractivity contribution in [1.82, 2.24) is 4.98 Å². The first-order valence-corrected chi connectivity index (χ1v) is 4.03. The summed E-state index contributed by atoms with van der Waals surface area (Å²) in [6, 6.07) is 3.84. The molecule has 0 unspecified atom stereocenters. The van der Waals surface area contributed by atoms with E-state index in [1.807, 2.05) is 19.1 Å². The van der Waals surface area contributed by atoms with Crippen molar-refractivity contribution in [2.75, 3.05) is 6.61 Å². The Morgan fingerprint density at radius 1 is 1.62 bits per heavy atom. The molecule has 0 aliphatic carbocycles. The zero-order valence-electron chi connectivity index (χ0n) is 7.49. The molecule has 0 bridgehead atoms. The normalized spacial score (nSPS) is 9.69. The Balaban J connectivity index is 2.72. The van der Waals surface area contributed by atoms with Gasteiger partial charge in [0.15, 0.2) is 0 Å². The predicted molar refractivity (Wildman–Crippen MR) is 52.1 cm³/mol. The number of rotatable bonds is 1. The fraction of sp³-hybridized carbons (Fsp3) is 0.182. The molecule has 0 fully saturated rings. The summed E-state index contributed by atoms with van der Waals surface area (Å²) in [4.78, 5) is 4.07. The standard InChI is InChI=1S/C11H11NO/c1-10-6-7-12-11(9-10)5-3-2-4-8-13/h2,4,6-7,9,13H,8H2,1H3/b4-2+. The van der Waals surface area contributed by atoms with Crippen LogP contribution in [0, 0.1) is 18.8 Å². The minimum atomic E-state index is 0.0237. The maximum absolute atomic E-state index is 8.44.